The number of halogens is 1. The van der Waals surface area contributed by atoms with Crippen molar-refractivity contribution in [3.05, 3.63) is 88.3 Å². The molecule has 1 aliphatic rings. The van der Waals surface area contributed by atoms with Gasteiger partial charge in [0.05, 0.1) is 34.1 Å². The van der Waals surface area contributed by atoms with Gasteiger partial charge in [0, 0.05) is 11.2 Å². The molecule has 4 heterocycles. The van der Waals surface area contributed by atoms with Gasteiger partial charge < -0.3 is 14.9 Å². The van der Waals surface area contributed by atoms with Crippen LogP contribution in [0.5, 0.6) is 11.5 Å². The SMILES string of the molecule is CCOc1cc(C2/C(=C(\O)c3c(C)nc4ccccn34)C(=O)C(=O)N2c2nc3ccc(Cl)cc3s2)ccc1O. The molecule has 39 heavy (non-hydrogen) atoms. The molecule has 1 amide bonds. The fraction of sp³-hybridized carbons (Fsp3) is 0.143. The molecule has 196 valence electrons. The average molecular weight is 561 g/mol. The van der Waals surface area contributed by atoms with Crippen LogP contribution >= 0.6 is 22.9 Å². The first kappa shape index (κ1) is 24.9. The van der Waals surface area contributed by atoms with Crippen LogP contribution < -0.4 is 9.64 Å². The van der Waals surface area contributed by atoms with Gasteiger partial charge >= 0.3 is 5.91 Å². The van der Waals surface area contributed by atoms with E-state index in [1.807, 2.05) is 6.07 Å². The molecule has 1 aliphatic heterocycles. The summed E-state index contributed by atoms with van der Waals surface area (Å²) in [6, 6.07) is 14.0. The van der Waals surface area contributed by atoms with Crippen LogP contribution in [-0.4, -0.2) is 42.9 Å². The van der Waals surface area contributed by atoms with Crippen molar-refractivity contribution in [1.82, 2.24) is 14.4 Å². The van der Waals surface area contributed by atoms with Crippen LogP contribution in [0.25, 0.3) is 21.6 Å². The number of aromatic nitrogens is 3. The van der Waals surface area contributed by atoms with E-state index in [-0.39, 0.29) is 34.6 Å². The zero-order valence-electron chi connectivity index (χ0n) is 20.8. The summed E-state index contributed by atoms with van der Waals surface area (Å²) < 4.78 is 7.98. The molecule has 1 fully saturated rings. The maximum atomic E-state index is 13.6. The fourth-order valence-corrected chi connectivity index (χ4v) is 6.10. The first-order valence-corrected chi connectivity index (χ1v) is 13.2. The molecule has 11 heteroatoms. The van der Waals surface area contributed by atoms with Gasteiger partial charge in [-0.3, -0.25) is 18.9 Å². The van der Waals surface area contributed by atoms with Gasteiger partial charge in [0.15, 0.2) is 22.4 Å². The number of amides is 1. The van der Waals surface area contributed by atoms with E-state index in [0.29, 0.717) is 33.1 Å². The summed E-state index contributed by atoms with van der Waals surface area (Å²) in [6.45, 7) is 3.78. The number of aromatic hydroxyl groups is 1. The van der Waals surface area contributed by atoms with Crippen molar-refractivity contribution >= 4 is 61.4 Å². The minimum absolute atomic E-state index is 0.0928. The predicted octanol–water partition coefficient (Wildman–Crippen LogP) is 5.64. The van der Waals surface area contributed by atoms with Crippen molar-refractivity contribution in [3.8, 4) is 11.5 Å². The Labute approximate surface area is 231 Å². The summed E-state index contributed by atoms with van der Waals surface area (Å²) in [5.74, 6) is -1.99. The third kappa shape index (κ3) is 4.00. The van der Waals surface area contributed by atoms with Gasteiger partial charge in [-0.15, -0.1) is 0 Å². The maximum absolute atomic E-state index is 13.6. The van der Waals surface area contributed by atoms with E-state index in [2.05, 4.69) is 9.97 Å². The summed E-state index contributed by atoms with van der Waals surface area (Å²) in [6.07, 6.45) is 1.72. The molecule has 0 aliphatic carbocycles. The highest BCUT2D eigenvalue weighted by atomic mass is 35.5. The Bertz CT molecular complexity index is 1840. The molecule has 1 atom stereocenters. The Morgan fingerprint density at radius 1 is 1.13 bits per heavy atom. The molecule has 6 rings (SSSR count). The monoisotopic (exact) mass is 560 g/mol. The number of nitrogens with zero attached hydrogens (tertiary/aromatic N) is 4. The van der Waals surface area contributed by atoms with Gasteiger partial charge in [-0.1, -0.05) is 35.1 Å². The molecule has 2 aromatic carbocycles. The van der Waals surface area contributed by atoms with Crippen LogP contribution in [-0.2, 0) is 9.59 Å². The van der Waals surface area contributed by atoms with Gasteiger partial charge in [0.2, 0.25) is 0 Å². The largest absolute Gasteiger partial charge is 0.505 e. The lowest BCUT2D eigenvalue weighted by Gasteiger charge is -2.23. The molecule has 3 aromatic heterocycles. The number of phenols is 1. The van der Waals surface area contributed by atoms with E-state index in [1.165, 1.54) is 22.3 Å². The predicted molar refractivity (Wildman–Crippen MR) is 149 cm³/mol. The Balaban J connectivity index is 1.62. The van der Waals surface area contributed by atoms with Gasteiger partial charge in [-0.2, -0.15) is 0 Å². The van der Waals surface area contributed by atoms with Crippen LogP contribution in [0.15, 0.2) is 66.4 Å². The fourth-order valence-electron chi connectivity index (χ4n) is 4.83. The number of imidazole rings is 1. The second kappa shape index (κ2) is 9.40. The number of fused-ring (bicyclic) bond motifs is 2. The molecule has 1 unspecified atom stereocenters. The zero-order valence-corrected chi connectivity index (χ0v) is 22.3. The molecule has 9 nitrogen and oxygen atoms in total. The van der Waals surface area contributed by atoms with E-state index in [1.54, 1.807) is 66.9 Å². The quantitative estimate of drug-likeness (QED) is 0.162. The van der Waals surface area contributed by atoms with Crippen LogP contribution in [0.3, 0.4) is 0 Å². The van der Waals surface area contributed by atoms with Crippen LogP contribution in [0, 0.1) is 6.92 Å². The van der Waals surface area contributed by atoms with Gasteiger partial charge in [-0.05, 0) is 61.9 Å². The number of thiazole rings is 1. The van der Waals surface area contributed by atoms with Crippen LogP contribution in [0.4, 0.5) is 5.13 Å². The number of ether oxygens (including phenoxy) is 1. The van der Waals surface area contributed by atoms with Gasteiger partial charge in [0.1, 0.15) is 11.3 Å². The van der Waals surface area contributed by atoms with Crippen molar-refractivity contribution in [1.29, 1.82) is 0 Å². The molecule has 0 radical (unpaired) electrons. The Morgan fingerprint density at radius 3 is 2.74 bits per heavy atom. The number of carbonyl (C=O) groups excluding carboxylic acids is 2. The third-order valence-corrected chi connectivity index (χ3v) is 7.77. The molecule has 1 saturated heterocycles. The van der Waals surface area contributed by atoms with E-state index in [0.717, 1.165) is 4.70 Å². The average Bonchev–Trinajstić information content (AvgIpc) is 3.55. The highest BCUT2D eigenvalue weighted by Gasteiger charge is 2.49. The van der Waals surface area contributed by atoms with Gasteiger partial charge in [-0.25, -0.2) is 9.97 Å². The lowest BCUT2D eigenvalue weighted by atomic mass is 9.96. The van der Waals surface area contributed by atoms with Crippen LogP contribution in [0.2, 0.25) is 5.02 Å². The van der Waals surface area contributed by atoms with Crippen molar-refractivity contribution in [3.63, 3.8) is 0 Å². The second-order valence-electron chi connectivity index (χ2n) is 8.91. The number of phenolic OH excluding ortho intramolecular Hbond substituents is 1. The number of aryl methyl sites for hydroxylation is 1. The number of hydrogen-bond donors (Lipinski definition) is 2. The molecule has 0 bridgehead atoms. The molecule has 0 spiro atoms. The highest BCUT2D eigenvalue weighted by Crippen LogP contribution is 2.46. The lowest BCUT2D eigenvalue weighted by molar-refractivity contribution is -0.132. The zero-order chi connectivity index (χ0) is 27.4. The Kier molecular flexibility index (Phi) is 6.00. The highest BCUT2D eigenvalue weighted by molar-refractivity contribution is 7.22. The first-order valence-electron chi connectivity index (χ1n) is 12.0. The van der Waals surface area contributed by atoms with Crippen LogP contribution in [0.1, 0.15) is 29.9 Å². The summed E-state index contributed by atoms with van der Waals surface area (Å²) >= 11 is 7.37. The smallest absolute Gasteiger partial charge is 0.301 e. The van der Waals surface area contributed by atoms with E-state index in [9.17, 15) is 19.8 Å². The second-order valence-corrected chi connectivity index (χ2v) is 10.4. The molecule has 5 aromatic rings. The maximum Gasteiger partial charge on any atom is 0.301 e. The number of rotatable bonds is 5. The normalized spacial score (nSPS) is 17.0. The topological polar surface area (TPSA) is 117 Å². The van der Waals surface area contributed by atoms with E-state index >= 15 is 0 Å². The van der Waals surface area contributed by atoms with Crippen molar-refractivity contribution in [2.75, 3.05) is 11.5 Å². The first-order chi connectivity index (χ1) is 18.8. The van der Waals surface area contributed by atoms with Crippen molar-refractivity contribution < 1.29 is 24.5 Å². The number of ketones is 1. The summed E-state index contributed by atoms with van der Waals surface area (Å²) in [5, 5.41) is 22.8. The Morgan fingerprint density at radius 2 is 1.95 bits per heavy atom. The number of hydrogen-bond acceptors (Lipinski definition) is 8. The number of carbonyl (C=O) groups is 2. The standard InChI is InChI=1S/C28H21ClN4O5S/c1-3-38-19-12-15(7-10-18(19)34)24-22(25(35)23-14(2)30-21-6-4-5-11-32(21)23)26(36)27(37)33(24)28-31-17-9-8-16(29)13-20(17)39-28/h4-13,24,34-35H,3H2,1-2H3/b25-22+. The molecule has 2 N–H and O–H groups in total. The number of anilines is 1. The van der Waals surface area contributed by atoms with Crippen molar-refractivity contribution in [2.45, 2.75) is 19.9 Å². The number of aliphatic hydroxyl groups excluding tert-OH is 1. The summed E-state index contributed by atoms with van der Waals surface area (Å²) in [7, 11) is 0. The van der Waals surface area contributed by atoms with Gasteiger partial charge in [0.25, 0.3) is 5.78 Å². The molecule has 0 saturated carbocycles. The van der Waals surface area contributed by atoms with E-state index in [4.69, 9.17) is 16.3 Å². The molecular formula is C28H21ClN4O5S. The van der Waals surface area contributed by atoms with Crippen molar-refractivity contribution in [2.24, 2.45) is 0 Å². The number of benzene rings is 2. The molecular weight excluding hydrogens is 540 g/mol. The number of Topliss-reactive ketones (excluding diaryl/α,β-unsaturated/α-hetero) is 1. The van der Waals surface area contributed by atoms with E-state index < -0.39 is 17.7 Å². The number of pyridine rings is 1. The minimum Gasteiger partial charge on any atom is -0.505 e. The summed E-state index contributed by atoms with van der Waals surface area (Å²) in [5.41, 5.74) is 2.29. The summed E-state index contributed by atoms with van der Waals surface area (Å²) in [4.78, 5) is 37.6. The number of aliphatic hydroxyl groups is 1. The minimum atomic E-state index is -1.06. The third-order valence-electron chi connectivity index (χ3n) is 6.52. The Hall–Kier alpha value is -4.41. The lowest BCUT2D eigenvalue weighted by Crippen LogP contribution is -2.29.